The number of para-hydroxylation sites is 2. The number of nitrogens with zero attached hydrogens (tertiary/aromatic N) is 1. The van der Waals surface area contributed by atoms with Gasteiger partial charge in [-0.1, -0.05) is 35.9 Å². The van der Waals surface area contributed by atoms with Crippen molar-refractivity contribution in [2.75, 3.05) is 0 Å². The molecule has 2 aromatic carbocycles. The van der Waals surface area contributed by atoms with Crippen molar-refractivity contribution in [3.05, 3.63) is 65.0 Å². The second-order valence-electron chi connectivity index (χ2n) is 4.44. The lowest BCUT2D eigenvalue weighted by Gasteiger charge is -2.09. The first kappa shape index (κ1) is 12.2. The van der Waals surface area contributed by atoms with Crippen LogP contribution in [0, 0.1) is 0 Å². The average Bonchev–Trinajstić information content (AvgIpc) is 2.81. The van der Waals surface area contributed by atoms with Crippen LogP contribution in [0.4, 0.5) is 0 Å². The predicted molar refractivity (Wildman–Crippen MR) is 76.1 cm³/mol. The van der Waals surface area contributed by atoms with Gasteiger partial charge in [-0.05, 0) is 29.8 Å². The van der Waals surface area contributed by atoms with Gasteiger partial charge in [0.2, 0.25) is 0 Å². The van der Waals surface area contributed by atoms with Gasteiger partial charge in [-0.2, -0.15) is 0 Å². The fourth-order valence-corrected chi connectivity index (χ4v) is 2.15. The van der Waals surface area contributed by atoms with Gasteiger partial charge in [-0.15, -0.1) is 0 Å². The minimum absolute atomic E-state index is 0.148. The van der Waals surface area contributed by atoms with E-state index in [4.69, 9.17) is 21.8 Å². The normalized spacial score (nSPS) is 12.7. The quantitative estimate of drug-likeness (QED) is 0.790. The van der Waals surface area contributed by atoms with Crippen molar-refractivity contribution < 1.29 is 4.42 Å². The zero-order valence-electron chi connectivity index (χ0n) is 10.2. The van der Waals surface area contributed by atoms with Crippen molar-refractivity contribution in [2.45, 2.75) is 12.5 Å². The molecule has 0 spiro atoms. The van der Waals surface area contributed by atoms with Gasteiger partial charge in [-0.25, -0.2) is 4.98 Å². The molecule has 3 rings (SSSR count). The number of aromatic nitrogens is 1. The minimum Gasteiger partial charge on any atom is -0.441 e. The zero-order chi connectivity index (χ0) is 13.2. The first-order valence-corrected chi connectivity index (χ1v) is 6.45. The van der Waals surface area contributed by atoms with Gasteiger partial charge < -0.3 is 10.2 Å². The van der Waals surface area contributed by atoms with Gasteiger partial charge in [0, 0.05) is 17.5 Å². The molecule has 0 radical (unpaired) electrons. The molecule has 2 N–H and O–H groups in total. The number of oxazole rings is 1. The predicted octanol–water partition coefficient (Wildman–Crippen LogP) is 3.72. The molecule has 0 aliphatic carbocycles. The highest BCUT2D eigenvalue weighted by Crippen LogP contribution is 2.21. The largest absolute Gasteiger partial charge is 0.441 e. The fourth-order valence-electron chi connectivity index (χ4n) is 2.02. The minimum atomic E-state index is -0.148. The lowest BCUT2D eigenvalue weighted by Crippen LogP contribution is -2.13. The first-order valence-electron chi connectivity index (χ1n) is 6.08. The zero-order valence-corrected chi connectivity index (χ0v) is 11.0. The Morgan fingerprint density at radius 2 is 1.84 bits per heavy atom. The second kappa shape index (κ2) is 5.03. The number of hydrogen-bond acceptors (Lipinski definition) is 3. The number of rotatable bonds is 3. The summed E-state index contributed by atoms with van der Waals surface area (Å²) in [6, 6.07) is 15.1. The third-order valence-electron chi connectivity index (χ3n) is 3.03. The van der Waals surface area contributed by atoms with Crippen molar-refractivity contribution in [1.29, 1.82) is 0 Å². The lowest BCUT2D eigenvalue weighted by molar-refractivity contribution is 0.502. The summed E-state index contributed by atoms with van der Waals surface area (Å²) >= 11 is 5.86. The molecule has 0 aliphatic heterocycles. The molecule has 1 aromatic heterocycles. The molecule has 4 heteroatoms. The van der Waals surface area contributed by atoms with E-state index in [9.17, 15) is 0 Å². The number of fused-ring (bicyclic) bond motifs is 1. The van der Waals surface area contributed by atoms with Crippen LogP contribution < -0.4 is 5.73 Å². The summed E-state index contributed by atoms with van der Waals surface area (Å²) in [4.78, 5) is 4.42. The van der Waals surface area contributed by atoms with Crippen molar-refractivity contribution >= 4 is 22.7 Å². The highest BCUT2D eigenvalue weighted by molar-refractivity contribution is 6.30. The molecule has 0 fully saturated rings. The SMILES string of the molecule is NC(Cc1nc2ccccc2o1)c1ccc(Cl)cc1. The van der Waals surface area contributed by atoms with E-state index in [2.05, 4.69) is 4.98 Å². The van der Waals surface area contributed by atoms with Gasteiger partial charge in [0.15, 0.2) is 11.5 Å². The number of nitrogens with two attached hydrogens (primary N) is 1. The van der Waals surface area contributed by atoms with E-state index in [1.54, 1.807) is 0 Å². The molecule has 0 amide bonds. The maximum Gasteiger partial charge on any atom is 0.197 e. The Labute approximate surface area is 116 Å². The summed E-state index contributed by atoms with van der Waals surface area (Å²) < 4.78 is 5.67. The Balaban J connectivity index is 1.82. The lowest BCUT2D eigenvalue weighted by atomic mass is 10.1. The Morgan fingerprint density at radius 3 is 2.58 bits per heavy atom. The molecular weight excluding hydrogens is 260 g/mol. The molecule has 0 aliphatic rings. The van der Waals surface area contributed by atoms with Crippen LogP contribution in [0.3, 0.4) is 0 Å². The monoisotopic (exact) mass is 272 g/mol. The topological polar surface area (TPSA) is 52.0 Å². The molecule has 0 saturated carbocycles. The smallest absolute Gasteiger partial charge is 0.197 e. The van der Waals surface area contributed by atoms with E-state index in [1.165, 1.54) is 0 Å². The molecule has 1 heterocycles. The van der Waals surface area contributed by atoms with Crippen LogP contribution >= 0.6 is 11.6 Å². The van der Waals surface area contributed by atoms with E-state index in [-0.39, 0.29) is 6.04 Å². The van der Waals surface area contributed by atoms with Crippen LogP contribution in [0.1, 0.15) is 17.5 Å². The summed E-state index contributed by atoms with van der Waals surface area (Å²) in [5, 5.41) is 0.706. The third kappa shape index (κ3) is 2.62. The summed E-state index contributed by atoms with van der Waals surface area (Å²) in [5.41, 5.74) is 8.83. The van der Waals surface area contributed by atoms with Crippen molar-refractivity contribution in [3.8, 4) is 0 Å². The summed E-state index contributed by atoms with van der Waals surface area (Å²) in [6.07, 6.45) is 0.566. The summed E-state index contributed by atoms with van der Waals surface area (Å²) in [7, 11) is 0. The fraction of sp³-hybridized carbons (Fsp3) is 0.133. The molecule has 3 nitrogen and oxygen atoms in total. The molecule has 0 saturated heterocycles. The van der Waals surface area contributed by atoms with E-state index in [0.29, 0.717) is 17.3 Å². The Kier molecular flexibility index (Phi) is 3.23. The van der Waals surface area contributed by atoms with Crippen molar-refractivity contribution in [1.82, 2.24) is 4.98 Å². The maximum absolute atomic E-state index is 6.16. The molecule has 1 unspecified atom stereocenters. The molecule has 0 bridgehead atoms. The maximum atomic E-state index is 6.16. The van der Waals surface area contributed by atoms with E-state index in [1.807, 2.05) is 48.5 Å². The van der Waals surface area contributed by atoms with Crippen LogP contribution in [0.25, 0.3) is 11.1 Å². The van der Waals surface area contributed by atoms with Crippen LogP contribution in [0.5, 0.6) is 0 Å². The van der Waals surface area contributed by atoms with Gasteiger partial charge in [0.1, 0.15) is 5.52 Å². The van der Waals surface area contributed by atoms with Crippen molar-refractivity contribution in [3.63, 3.8) is 0 Å². The van der Waals surface area contributed by atoms with Gasteiger partial charge in [0.05, 0.1) is 0 Å². The number of halogens is 1. The third-order valence-corrected chi connectivity index (χ3v) is 3.28. The second-order valence-corrected chi connectivity index (χ2v) is 4.87. The van der Waals surface area contributed by atoms with E-state index < -0.39 is 0 Å². The van der Waals surface area contributed by atoms with E-state index in [0.717, 1.165) is 16.7 Å². The van der Waals surface area contributed by atoms with Gasteiger partial charge in [0.25, 0.3) is 0 Å². The molecule has 3 aromatic rings. The first-order chi connectivity index (χ1) is 9.22. The summed E-state index contributed by atoms with van der Waals surface area (Å²) in [5.74, 6) is 0.656. The van der Waals surface area contributed by atoms with Crippen LogP contribution in [0.15, 0.2) is 52.9 Å². The van der Waals surface area contributed by atoms with Crippen LogP contribution in [-0.4, -0.2) is 4.98 Å². The number of benzene rings is 2. The highest BCUT2D eigenvalue weighted by Gasteiger charge is 2.12. The highest BCUT2D eigenvalue weighted by atomic mass is 35.5. The van der Waals surface area contributed by atoms with Crippen LogP contribution in [-0.2, 0) is 6.42 Å². The number of hydrogen-bond donors (Lipinski definition) is 1. The summed E-state index contributed by atoms with van der Waals surface area (Å²) in [6.45, 7) is 0. The average molecular weight is 273 g/mol. The standard InChI is InChI=1S/C15H13ClN2O/c16-11-7-5-10(6-8-11)12(17)9-15-18-13-3-1-2-4-14(13)19-15/h1-8,12H,9,17H2. The molecular formula is C15H13ClN2O. The Bertz CT molecular complexity index is 658. The van der Waals surface area contributed by atoms with Crippen molar-refractivity contribution in [2.24, 2.45) is 5.73 Å². The van der Waals surface area contributed by atoms with E-state index >= 15 is 0 Å². The van der Waals surface area contributed by atoms with Gasteiger partial charge >= 0.3 is 0 Å². The molecule has 1 atom stereocenters. The van der Waals surface area contributed by atoms with Crippen LogP contribution in [0.2, 0.25) is 5.02 Å². The molecule has 19 heavy (non-hydrogen) atoms. The molecule has 96 valence electrons. The Morgan fingerprint density at radius 1 is 1.11 bits per heavy atom. The van der Waals surface area contributed by atoms with Gasteiger partial charge in [-0.3, -0.25) is 0 Å². The Hall–Kier alpha value is -1.84.